The molecule has 2 rings (SSSR count). The molecule has 1 aromatic rings. The van der Waals surface area contributed by atoms with Gasteiger partial charge in [0, 0.05) is 12.1 Å². The van der Waals surface area contributed by atoms with Gasteiger partial charge in [-0.25, -0.2) is 4.57 Å². The van der Waals surface area contributed by atoms with E-state index in [-0.39, 0.29) is 0 Å². The first kappa shape index (κ1) is 16.2. The van der Waals surface area contributed by atoms with Crippen molar-refractivity contribution in [3.05, 3.63) is 30.1 Å². The number of thioether (sulfide) groups is 2. The van der Waals surface area contributed by atoms with Crippen LogP contribution in [0.3, 0.4) is 0 Å². The summed E-state index contributed by atoms with van der Waals surface area (Å²) in [5.74, 6) is 3.65. The molecule has 0 unspecified atom stereocenters. The second-order valence-corrected chi connectivity index (χ2v) is 8.25. The van der Waals surface area contributed by atoms with Crippen molar-refractivity contribution >= 4 is 23.5 Å². The Labute approximate surface area is 132 Å². The van der Waals surface area contributed by atoms with E-state index in [2.05, 4.69) is 66.5 Å². The van der Waals surface area contributed by atoms with Gasteiger partial charge in [-0.05, 0) is 36.3 Å². The van der Waals surface area contributed by atoms with E-state index in [9.17, 15) is 0 Å². The van der Waals surface area contributed by atoms with Crippen LogP contribution in [0.15, 0.2) is 24.5 Å². The molecule has 112 valence electrons. The quantitative estimate of drug-likeness (QED) is 0.512. The predicted octanol–water partition coefficient (Wildman–Crippen LogP) is 5.06. The maximum absolute atomic E-state index is 2.30. The molecule has 0 bridgehead atoms. The Morgan fingerprint density at radius 3 is 2.35 bits per heavy atom. The normalized spacial score (nSPS) is 22.9. The molecule has 0 amide bonds. The number of unbranched alkanes of at least 4 members (excludes halogenated alkanes) is 3. The Balaban J connectivity index is 1.73. The number of aromatic nitrogens is 1. The molecule has 1 aliphatic rings. The molecule has 1 aliphatic heterocycles. The highest BCUT2D eigenvalue weighted by Crippen LogP contribution is 2.46. The van der Waals surface area contributed by atoms with Crippen LogP contribution >= 0.6 is 23.5 Å². The zero-order valence-corrected chi connectivity index (χ0v) is 14.5. The van der Waals surface area contributed by atoms with Gasteiger partial charge < -0.3 is 0 Å². The van der Waals surface area contributed by atoms with Crippen molar-refractivity contribution in [1.82, 2.24) is 0 Å². The first-order valence-corrected chi connectivity index (χ1v) is 10.2. The molecule has 20 heavy (non-hydrogen) atoms. The van der Waals surface area contributed by atoms with Crippen LogP contribution in [0.5, 0.6) is 0 Å². The van der Waals surface area contributed by atoms with E-state index in [0.29, 0.717) is 4.58 Å². The standard InChI is InChI=1S/C17H28NS2/c1-3-5-6-7-8-15-13-19-17(20-14-15)16-9-11-18(4-2)12-10-16/h9-12,15,17H,3-8,13-14H2,1-2H3/q+1. The van der Waals surface area contributed by atoms with Crippen LogP contribution < -0.4 is 4.57 Å². The van der Waals surface area contributed by atoms with E-state index < -0.39 is 0 Å². The van der Waals surface area contributed by atoms with Crippen molar-refractivity contribution < 1.29 is 4.57 Å². The Morgan fingerprint density at radius 2 is 1.75 bits per heavy atom. The van der Waals surface area contributed by atoms with Gasteiger partial charge in [-0.2, -0.15) is 0 Å². The lowest BCUT2D eigenvalue weighted by atomic mass is 10.0. The summed E-state index contributed by atoms with van der Waals surface area (Å²) in [5, 5.41) is 0. The minimum atomic E-state index is 0.661. The summed E-state index contributed by atoms with van der Waals surface area (Å²) < 4.78 is 2.89. The van der Waals surface area contributed by atoms with Gasteiger partial charge in [0.05, 0.1) is 4.58 Å². The van der Waals surface area contributed by atoms with Gasteiger partial charge >= 0.3 is 0 Å². The third-order valence-corrected chi connectivity index (χ3v) is 7.28. The van der Waals surface area contributed by atoms with Gasteiger partial charge in [-0.3, -0.25) is 0 Å². The Kier molecular flexibility index (Phi) is 7.29. The molecule has 0 saturated carbocycles. The molecule has 0 aliphatic carbocycles. The van der Waals surface area contributed by atoms with Crippen molar-refractivity contribution in [1.29, 1.82) is 0 Å². The maximum Gasteiger partial charge on any atom is 0.169 e. The molecule has 0 atom stereocenters. The van der Waals surface area contributed by atoms with Crippen molar-refractivity contribution in [3.8, 4) is 0 Å². The first-order chi connectivity index (χ1) is 9.83. The predicted molar refractivity (Wildman–Crippen MR) is 92.2 cm³/mol. The van der Waals surface area contributed by atoms with Crippen LogP contribution in [0.2, 0.25) is 0 Å². The molecule has 0 radical (unpaired) electrons. The van der Waals surface area contributed by atoms with Gasteiger partial charge in [0.25, 0.3) is 0 Å². The largest absolute Gasteiger partial charge is 0.205 e. The highest BCUT2D eigenvalue weighted by atomic mass is 32.2. The number of hydrogen-bond acceptors (Lipinski definition) is 2. The second-order valence-electron chi connectivity index (χ2n) is 5.68. The smallest absolute Gasteiger partial charge is 0.169 e. The average molecular weight is 311 g/mol. The maximum atomic E-state index is 2.30. The summed E-state index contributed by atoms with van der Waals surface area (Å²) in [6, 6.07) is 4.60. The Hall–Kier alpha value is -0.150. The summed E-state index contributed by atoms with van der Waals surface area (Å²) in [7, 11) is 0. The van der Waals surface area contributed by atoms with Crippen LogP contribution in [0.25, 0.3) is 0 Å². The van der Waals surface area contributed by atoms with Gasteiger partial charge in [-0.15, -0.1) is 23.5 Å². The minimum absolute atomic E-state index is 0.661. The summed E-state index contributed by atoms with van der Waals surface area (Å²) in [5.41, 5.74) is 1.49. The molecular formula is C17H28NS2+. The molecule has 0 aromatic carbocycles. The fourth-order valence-corrected chi connectivity index (χ4v) is 5.77. The van der Waals surface area contributed by atoms with E-state index in [1.807, 2.05) is 0 Å². The molecule has 1 saturated heterocycles. The van der Waals surface area contributed by atoms with E-state index in [1.54, 1.807) is 0 Å². The van der Waals surface area contributed by atoms with E-state index in [1.165, 1.54) is 49.2 Å². The zero-order valence-electron chi connectivity index (χ0n) is 12.9. The lowest BCUT2D eigenvalue weighted by Crippen LogP contribution is -2.30. The summed E-state index contributed by atoms with van der Waals surface area (Å²) >= 11 is 4.31. The first-order valence-electron chi connectivity index (χ1n) is 8.05. The topological polar surface area (TPSA) is 3.88 Å². The molecule has 1 aromatic heterocycles. The van der Waals surface area contributed by atoms with Crippen molar-refractivity contribution in [2.75, 3.05) is 11.5 Å². The number of nitrogens with zero attached hydrogens (tertiary/aromatic N) is 1. The lowest BCUT2D eigenvalue weighted by Gasteiger charge is -2.27. The fraction of sp³-hybridized carbons (Fsp3) is 0.706. The van der Waals surface area contributed by atoms with Crippen molar-refractivity contribution in [3.63, 3.8) is 0 Å². The summed E-state index contributed by atoms with van der Waals surface area (Å²) in [6.45, 7) is 5.54. The molecule has 3 heteroatoms. The third kappa shape index (κ3) is 5.00. The van der Waals surface area contributed by atoms with Crippen LogP contribution in [-0.4, -0.2) is 11.5 Å². The van der Waals surface area contributed by atoms with E-state index >= 15 is 0 Å². The van der Waals surface area contributed by atoms with Gasteiger partial charge in [0.1, 0.15) is 6.54 Å². The SMILES string of the molecule is CCCCCCC1CSC(c2cc[n+](CC)cc2)SC1. The molecule has 1 fully saturated rings. The van der Waals surface area contributed by atoms with Gasteiger partial charge in [-0.1, -0.05) is 32.6 Å². The second kappa shape index (κ2) is 8.99. The molecule has 2 heterocycles. The Morgan fingerprint density at radius 1 is 1.05 bits per heavy atom. The van der Waals surface area contributed by atoms with Crippen LogP contribution in [0.4, 0.5) is 0 Å². The van der Waals surface area contributed by atoms with Crippen molar-refractivity contribution in [2.24, 2.45) is 5.92 Å². The monoisotopic (exact) mass is 310 g/mol. The average Bonchev–Trinajstić information content (AvgIpc) is 2.52. The van der Waals surface area contributed by atoms with Crippen LogP contribution in [0, 0.1) is 5.92 Å². The van der Waals surface area contributed by atoms with E-state index in [4.69, 9.17) is 0 Å². The Bertz CT molecular complexity index is 369. The zero-order chi connectivity index (χ0) is 14.2. The third-order valence-electron chi connectivity index (χ3n) is 3.99. The highest BCUT2D eigenvalue weighted by Gasteiger charge is 2.23. The lowest BCUT2D eigenvalue weighted by molar-refractivity contribution is -0.693. The van der Waals surface area contributed by atoms with Crippen LogP contribution in [-0.2, 0) is 6.54 Å². The number of rotatable bonds is 7. The molecule has 1 nitrogen and oxygen atoms in total. The number of aryl methyl sites for hydroxylation is 1. The van der Waals surface area contributed by atoms with E-state index in [0.717, 1.165) is 12.5 Å². The van der Waals surface area contributed by atoms with Gasteiger partial charge in [0.2, 0.25) is 0 Å². The number of hydrogen-bond donors (Lipinski definition) is 0. The number of pyridine rings is 1. The molecule has 0 spiro atoms. The molecule has 0 N–H and O–H groups in total. The molecular weight excluding hydrogens is 282 g/mol. The van der Waals surface area contributed by atoms with Crippen LogP contribution in [0.1, 0.15) is 56.1 Å². The minimum Gasteiger partial charge on any atom is -0.205 e. The van der Waals surface area contributed by atoms with Crippen molar-refractivity contribution in [2.45, 2.75) is 57.1 Å². The highest BCUT2D eigenvalue weighted by molar-refractivity contribution is 8.16. The summed E-state index contributed by atoms with van der Waals surface area (Å²) in [4.78, 5) is 0. The fourth-order valence-electron chi connectivity index (χ4n) is 2.60. The summed E-state index contributed by atoms with van der Waals surface area (Å²) in [6.07, 6.45) is 11.5. The van der Waals surface area contributed by atoms with Gasteiger partial charge in [0.15, 0.2) is 12.4 Å².